The summed E-state index contributed by atoms with van der Waals surface area (Å²) in [5.74, 6) is -1.08. The van der Waals surface area contributed by atoms with Crippen molar-refractivity contribution >= 4 is 78.1 Å². The van der Waals surface area contributed by atoms with Crippen LogP contribution in [0.1, 0.15) is 194 Å². The Hall–Kier alpha value is -5.88. The second-order valence-electron chi connectivity index (χ2n) is 19.2. The SMILES string of the molecule is CCCCCCCCc1ccc(N2C(=O)c3ccc4c5ccc6c7c(ccc(c8ccc(c3c48)C2=O)c75)C(=O)N(c2ccc(CCCCCCCC)cc2C(C)C)C6=O)c(C(C)C)c1. The zero-order chi connectivity index (χ0) is 44.8. The van der Waals surface area contributed by atoms with Crippen molar-refractivity contribution in [2.45, 2.75) is 143 Å². The van der Waals surface area contributed by atoms with Gasteiger partial charge in [-0.05, 0) is 128 Å². The highest BCUT2D eigenvalue weighted by Crippen LogP contribution is 2.48. The van der Waals surface area contributed by atoms with E-state index in [0.717, 1.165) is 69.1 Å². The van der Waals surface area contributed by atoms with Gasteiger partial charge in [0.15, 0.2) is 0 Å². The summed E-state index contributed by atoms with van der Waals surface area (Å²) >= 11 is 0. The first kappa shape index (κ1) is 43.4. The van der Waals surface area contributed by atoms with Crippen molar-refractivity contribution in [1.82, 2.24) is 0 Å². The maximum absolute atomic E-state index is 14.7. The molecule has 7 aromatic carbocycles. The van der Waals surface area contributed by atoms with Gasteiger partial charge >= 0.3 is 0 Å². The highest BCUT2D eigenvalue weighted by molar-refractivity contribution is 6.45. The predicted octanol–water partition coefficient (Wildman–Crippen LogP) is 15.4. The van der Waals surface area contributed by atoms with Crippen LogP contribution in [0.4, 0.5) is 11.4 Å². The van der Waals surface area contributed by atoms with E-state index in [1.54, 1.807) is 0 Å². The third kappa shape index (κ3) is 7.37. The van der Waals surface area contributed by atoms with Crippen LogP contribution in [0, 0.1) is 0 Å². The standard InChI is InChI=1S/C58H62N2O4/c1-7-9-11-13-15-17-19-37-21-31-49(47(33-37)35(3)4)59-55(61)43-27-23-39-41-25-29-45-54-46(30-26-42(52(41)54)40-24-28-44(56(59)62)53(43)51(39)40)58(64)60(57(45)63)50-32-22-38(34-48(50)36(5)6)20-18-16-14-12-10-8-2/h21-36H,7-20H2,1-6H3. The molecule has 0 fully saturated rings. The number of aryl methyl sites for hydroxylation is 2. The number of amides is 4. The maximum Gasteiger partial charge on any atom is 0.265 e. The van der Waals surface area contributed by atoms with Gasteiger partial charge in [-0.1, -0.05) is 154 Å². The van der Waals surface area contributed by atoms with Crippen molar-refractivity contribution < 1.29 is 19.2 Å². The lowest BCUT2D eigenvalue weighted by Crippen LogP contribution is -2.41. The molecular weight excluding hydrogens is 789 g/mol. The van der Waals surface area contributed by atoms with Crippen LogP contribution in [0.3, 0.4) is 0 Å². The average molecular weight is 851 g/mol. The van der Waals surface area contributed by atoms with Crippen LogP contribution >= 0.6 is 0 Å². The molecule has 64 heavy (non-hydrogen) atoms. The number of hydrogen-bond donors (Lipinski definition) is 0. The second-order valence-corrected chi connectivity index (χ2v) is 19.2. The zero-order valence-corrected chi connectivity index (χ0v) is 38.7. The van der Waals surface area contributed by atoms with E-state index in [9.17, 15) is 19.2 Å². The quantitative estimate of drug-likeness (QED) is 0.0373. The molecule has 0 N–H and O–H groups in total. The number of anilines is 2. The number of nitrogens with zero attached hydrogens (tertiary/aromatic N) is 2. The molecule has 2 aliphatic heterocycles. The van der Waals surface area contributed by atoms with Gasteiger partial charge in [0, 0.05) is 33.0 Å². The normalized spacial score (nSPS) is 14.1. The highest BCUT2D eigenvalue weighted by Gasteiger charge is 2.39. The molecule has 0 aromatic heterocycles. The molecule has 9 rings (SSSR count). The minimum absolute atomic E-state index is 0.110. The largest absolute Gasteiger partial charge is 0.268 e. The Morgan fingerprint density at radius 2 is 0.688 bits per heavy atom. The molecule has 6 nitrogen and oxygen atoms in total. The lowest BCUT2D eigenvalue weighted by molar-refractivity contribution is 0.0877. The molecule has 0 atom stereocenters. The molecular formula is C58H62N2O4. The van der Waals surface area contributed by atoms with Crippen molar-refractivity contribution in [2.24, 2.45) is 0 Å². The first-order valence-electron chi connectivity index (χ1n) is 24.3. The molecule has 0 unspecified atom stereocenters. The Kier molecular flexibility index (Phi) is 12.2. The number of rotatable bonds is 18. The van der Waals surface area contributed by atoms with E-state index >= 15 is 0 Å². The van der Waals surface area contributed by atoms with Gasteiger partial charge in [-0.15, -0.1) is 0 Å². The Labute approximate surface area is 378 Å². The van der Waals surface area contributed by atoms with Crippen LogP contribution in [0.5, 0.6) is 0 Å². The Bertz CT molecular complexity index is 2650. The summed E-state index contributed by atoms with van der Waals surface area (Å²) in [5, 5.41) is 6.55. The molecule has 0 radical (unpaired) electrons. The van der Waals surface area contributed by atoms with Crippen LogP contribution in [-0.2, 0) is 12.8 Å². The van der Waals surface area contributed by atoms with Crippen LogP contribution in [-0.4, -0.2) is 23.6 Å². The van der Waals surface area contributed by atoms with E-state index in [1.165, 1.54) is 85.1 Å². The summed E-state index contributed by atoms with van der Waals surface area (Å²) < 4.78 is 0. The van der Waals surface area contributed by atoms with E-state index in [1.807, 2.05) is 60.7 Å². The van der Waals surface area contributed by atoms with Gasteiger partial charge < -0.3 is 0 Å². The van der Waals surface area contributed by atoms with Gasteiger partial charge in [-0.3, -0.25) is 19.2 Å². The molecule has 0 aliphatic carbocycles. The monoisotopic (exact) mass is 850 g/mol. The lowest BCUT2D eigenvalue weighted by Gasteiger charge is -2.32. The number of benzene rings is 7. The molecule has 2 heterocycles. The molecule has 6 heteroatoms. The number of unbranched alkanes of at least 4 members (excludes halogenated alkanes) is 10. The number of carbonyl (C=O) groups is 4. The summed E-state index contributed by atoms with van der Waals surface area (Å²) in [6.45, 7) is 13.0. The minimum atomic E-state index is -0.324. The Morgan fingerprint density at radius 3 is 1.00 bits per heavy atom. The first-order valence-corrected chi connectivity index (χ1v) is 24.3. The molecule has 7 aromatic rings. The average Bonchev–Trinajstić information content (AvgIpc) is 3.29. The highest BCUT2D eigenvalue weighted by atomic mass is 16.2. The molecule has 0 saturated carbocycles. The number of imide groups is 2. The Balaban J connectivity index is 1.07. The number of carbonyl (C=O) groups excluding carboxylic acids is 4. The molecule has 328 valence electrons. The Morgan fingerprint density at radius 1 is 0.375 bits per heavy atom. The van der Waals surface area contributed by atoms with Gasteiger partial charge in [-0.25, -0.2) is 9.80 Å². The van der Waals surface area contributed by atoms with E-state index in [2.05, 4.69) is 65.8 Å². The van der Waals surface area contributed by atoms with Crippen LogP contribution in [0.2, 0.25) is 0 Å². The third-order valence-electron chi connectivity index (χ3n) is 14.2. The van der Waals surface area contributed by atoms with E-state index in [0.29, 0.717) is 44.4 Å². The van der Waals surface area contributed by atoms with E-state index in [-0.39, 0.29) is 35.5 Å². The fourth-order valence-corrected chi connectivity index (χ4v) is 10.8. The van der Waals surface area contributed by atoms with Gasteiger partial charge in [0.25, 0.3) is 23.6 Å². The van der Waals surface area contributed by atoms with Crippen molar-refractivity contribution in [1.29, 1.82) is 0 Å². The summed E-state index contributed by atoms with van der Waals surface area (Å²) in [7, 11) is 0. The summed E-state index contributed by atoms with van der Waals surface area (Å²) in [5.41, 5.74) is 7.74. The molecule has 2 aliphatic rings. The van der Waals surface area contributed by atoms with Crippen LogP contribution in [0.25, 0.3) is 43.1 Å². The maximum atomic E-state index is 14.7. The molecule has 0 saturated heterocycles. The van der Waals surface area contributed by atoms with E-state index in [4.69, 9.17) is 0 Å². The third-order valence-corrected chi connectivity index (χ3v) is 14.2. The lowest BCUT2D eigenvalue weighted by atomic mass is 9.82. The smallest absolute Gasteiger partial charge is 0.265 e. The van der Waals surface area contributed by atoms with Crippen molar-refractivity contribution in [3.63, 3.8) is 0 Å². The molecule has 4 amide bonds. The van der Waals surface area contributed by atoms with Crippen molar-refractivity contribution in [2.75, 3.05) is 9.80 Å². The molecule has 0 spiro atoms. The fourth-order valence-electron chi connectivity index (χ4n) is 10.8. The first-order chi connectivity index (χ1) is 31.0. The second kappa shape index (κ2) is 17.9. The van der Waals surface area contributed by atoms with Crippen LogP contribution < -0.4 is 9.80 Å². The molecule has 0 bridgehead atoms. The van der Waals surface area contributed by atoms with Gasteiger partial charge in [-0.2, -0.15) is 0 Å². The number of fused-ring (bicyclic) bond motifs is 2. The zero-order valence-electron chi connectivity index (χ0n) is 38.7. The summed E-state index contributed by atoms with van der Waals surface area (Å²) in [6.07, 6.45) is 16.7. The van der Waals surface area contributed by atoms with Crippen molar-refractivity contribution in [3.8, 4) is 0 Å². The summed E-state index contributed by atoms with van der Waals surface area (Å²) in [4.78, 5) is 61.6. The topological polar surface area (TPSA) is 74.8 Å². The fraction of sp³-hybridized carbons (Fsp3) is 0.379. The predicted molar refractivity (Wildman–Crippen MR) is 265 cm³/mol. The van der Waals surface area contributed by atoms with Crippen LogP contribution in [0.15, 0.2) is 84.9 Å². The van der Waals surface area contributed by atoms with Gasteiger partial charge in [0.1, 0.15) is 0 Å². The van der Waals surface area contributed by atoms with E-state index < -0.39 is 0 Å². The summed E-state index contributed by atoms with van der Waals surface area (Å²) in [6, 6.07) is 27.9. The number of hydrogen-bond acceptors (Lipinski definition) is 4. The minimum Gasteiger partial charge on any atom is -0.268 e. The van der Waals surface area contributed by atoms with Gasteiger partial charge in [0.2, 0.25) is 0 Å². The van der Waals surface area contributed by atoms with Gasteiger partial charge in [0.05, 0.1) is 11.4 Å². The van der Waals surface area contributed by atoms with Crippen molar-refractivity contribution in [3.05, 3.63) is 129 Å².